The SMILES string of the molecule is Cc1ccc(OCCNC(=O)[C@H]2CN(S(=O)(=O)c3ccc(Cl)cc3)c3ccccc3O2)cc1Cl. The molecule has 7 nitrogen and oxygen atoms in total. The molecule has 1 amide bonds. The summed E-state index contributed by atoms with van der Waals surface area (Å²) in [5.74, 6) is 0.446. The first kappa shape index (κ1) is 24.2. The molecule has 10 heteroatoms. The average molecular weight is 521 g/mol. The van der Waals surface area contributed by atoms with Gasteiger partial charge in [-0.1, -0.05) is 41.4 Å². The van der Waals surface area contributed by atoms with Crippen LogP contribution in [0.2, 0.25) is 10.0 Å². The highest BCUT2D eigenvalue weighted by Gasteiger charge is 2.37. The van der Waals surface area contributed by atoms with Crippen molar-refractivity contribution in [3.8, 4) is 11.5 Å². The Morgan fingerprint density at radius 3 is 2.59 bits per heavy atom. The predicted octanol–water partition coefficient (Wildman–Crippen LogP) is 4.45. The van der Waals surface area contributed by atoms with Crippen molar-refractivity contribution in [3.63, 3.8) is 0 Å². The van der Waals surface area contributed by atoms with Crippen molar-refractivity contribution in [1.82, 2.24) is 5.32 Å². The van der Waals surface area contributed by atoms with E-state index < -0.39 is 22.0 Å². The molecule has 178 valence electrons. The minimum Gasteiger partial charge on any atom is -0.492 e. The van der Waals surface area contributed by atoms with E-state index in [0.29, 0.717) is 27.2 Å². The first-order chi connectivity index (χ1) is 16.3. The van der Waals surface area contributed by atoms with Crippen LogP contribution in [0, 0.1) is 6.92 Å². The number of nitrogens with one attached hydrogen (secondary N) is 1. The van der Waals surface area contributed by atoms with E-state index in [4.69, 9.17) is 32.7 Å². The van der Waals surface area contributed by atoms with Gasteiger partial charge in [0, 0.05) is 10.0 Å². The third-order valence-electron chi connectivity index (χ3n) is 5.24. The summed E-state index contributed by atoms with van der Waals surface area (Å²) in [6.07, 6.45) is -1.04. The van der Waals surface area contributed by atoms with Crippen LogP contribution in [-0.2, 0) is 14.8 Å². The van der Waals surface area contributed by atoms with Gasteiger partial charge < -0.3 is 14.8 Å². The number of benzene rings is 3. The Balaban J connectivity index is 1.45. The van der Waals surface area contributed by atoms with E-state index in [1.807, 2.05) is 13.0 Å². The van der Waals surface area contributed by atoms with Crippen LogP contribution in [-0.4, -0.2) is 40.1 Å². The summed E-state index contributed by atoms with van der Waals surface area (Å²) in [7, 11) is -3.95. The van der Waals surface area contributed by atoms with E-state index in [1.54, 1.807) is 36.4 Å². The Labute approximate surface area is 208 Å². The maximum Gasteiger partial charge on any atom is 0.264 e. The van der Waals surface area contributed by atoms with Crippen LogP contribution < -0.4 is 19.1 Å². The average Bonchev–Trinajstić information content (AvgIpc) is 2.83. The molecular formula is C24H22Cl2N2O5S. The molecule has 4 rings (SSSR count). The van der Waals surface area contributed by atoms with Gasteiger partial charge in [-0.2, -0.15) is 0 Å². The number of aryl methyl sites for hydroxylation is 1. The number of halogens is 2. The third-order valence-corrected chi connectivity index (χ3v) is 7.70. The van der Waals surface area contributed by atoms with E-state index in [9.17, 15) is 13.2 Å². The number of hydrogen-bond donors (Lipinski definition) is 1. The zero-order valence-electron chi connectivity index (χ0n) is 18.2. The number of nitrogens with zero attached hydrogens (tertiary/aromatic N) is 1. The monoisotopic (exact) mass is 520 g/mol. The second kappa shape index (κ2) is 10.1. The summed E-state index contributed by atoms with van der Waals surface area (Å²) in [6.45, 7) is 2.13. The van der Waals surface area contributed by atoms with Crippen molar-refractivity contribution in [1.29, 1.82) is 0 Å². The van der Waals surface area contributed by atoms with Gasteiger partial charge in [-0.3, -0.25) is 9.10 Å². The topological polar surface area (TPSA) is 84.9 Å². The number of hydrogen-bond acceptors (Lipinski definition) is 5. The molecule has 1 N–H and O–H groups in total. The van der Waals surface area contributed by atoms with Gasteiger partial charge in [0.15, 0.2) is 6.10 Å². The first-order valence-corrected chi connectivity index (χ1v) is 12.7. The molecule has 0 saturated carbocycles. The molecule has 0 radical (unpaired) electrons. The molecule has 0 saturated heterocycles. The highest BCUT2D eigenvalue weighted by Crippen LogP contribution is 2.37. The lowest BCUT2D eigenvalue weighted by atomic mass is 10.2. The fraction of sp³-hybridized carbons (Fsp3) is 0.208. The van der Waals surface area contributed by atoms with Crippen molar-refractivity contribution in [3.05, 3.63) is 82.3 Å². The second-order valence-corrected chi connectivity index (χ2v) is 10.3. The molecule has 3 aromatic rings. The molecule has 0 aromatic heterocycles. The molecule has 0 spiro atoms. The molecule has 1 heterocycles. The Kier molecular flexibility index (Phi) is 7.21. The van der Waals surface area contributed by atoms with Crippen LogP contribution in [0.15, 0.2) is 71.6 Å². The Hall–Kier alpha value is -2.94. The van der Waals surface area contributed by atoms with Gasteiger partial charge in [0.25, 0.3) is 15.9 Å². The van der Waals surface area contributed by atoms with Crippen molar-refractivity contribution < 1.29 is 22.7 Å². The minimum atomic E-state index is -3.95. The lowest BCUT2D eigenvalue weighted by Gasteiger charge is -2.34. The first-order valence-electron chi connectivity index (χ1n) is 10.5. The zero-order chi connectivity index (χ0) is 24.3. The number of anilines is 1. The molecule has 0 bridgehead atoms. The number of sulfonamides is 1. The van der Waals surface area contributed by atoms with Gasteiger partial charge in [-0.15, -0.1) is 0 Å². The lowest BCUT2D eigenvalue weighted by Crippen LogP contribution is -2.51. The van der Waals surface area contributed by atoms with Gasteiger partial charge in [0.2, 0.25) is 0 Å². The summed E-state index contributed by atoms with van der Waals surface area (Å²) >= 11 is 12.0. The van der Waals surface area contributed by atoms with Crippen molar-refractivity contribution in [2.75, 3.05) is 24.0 Å². The van der Waals surface area contributed by atoms with Crippen LogP contribution in [0.1, 0.15) is 5.56 Å². The Morgan fingerprint density at radius 1 is 1.12 bits per heavy atom. The van der Waals surface area contributed by atoms with Crippen LogP contribution in [0.3, 0.4) is 0 Å². The third kappa shape index (κ3) is 5.24. The van der Waals surface area contributed by atoms with E-state index >= 15 is 0 Å². The number of rotatable bonds is 7. The van der Waals surface area contributed by atoms with E-state index in [2.05, 4.69) is 5.32 Å². The molecule has 3 aromatic carbocycles. The van der Waals surface area contributed by atoms with Crippen LogP contribution >= 0.6 is 23.2 Å². The Bertz CT molecular complexity index is 1300. The molecule has 1 aliphatic rings. The second-order valence-electron chi connectivity index (χ2n) is 7.61. The molecular weight excluding hydrogens is 499 g/mol. The van der Waals surface area contributed by atoms with Crippen molar-refractivity contribution in [2.45, 2.75) is 17.9 Å². The molecule has 0 fully saturated rings. The molecule has 0 unspecified atom stereocenters. The molecule has 1 aliphatic heterocycles. The lowest BCUT2D eigenvalue weighted by molar-refractivity contribution is -0.127. The minimum absolute atomic E-state index is 0.0675. The summed E-state index contributed by atoms with van der Waals surface area (Å²) in [4.78, 5) is 12.9. The largest absolute Gasteiger partial charge is 0.492 e. The zero-order valence-corrected chi connectivity index (χ0v) is 20.5. The maximum atomic E-state index is 13.4. The highest BCUT2D eigenvalue weighted by molar-refractivity contribution is 7.92. The van der Waals surface area contributed by atoms with Crippen LogP contribution in [0.5, 0.6) is 11.5 Å². The number of para-hydroxylation sites is 2. The molecule has 34 heavy (non-hydrogen) atoms. The number of fused-ring (bicyclic) bond motifs is 1. The van der Waals surface area contributed by atoms with Crippen LogP contribution in [0.4, 0.5) is 5.69 Å². The van der Waals surface area contributed by atoms with Gasteiger partial charge in [0.1, 0.15) is 18.1 Å². The van der Waals surface area contributed by atoms with Gasteiger partial charge in [-0.25, -0.2) is 8.42 Å². The predicted molar refractivity (Wildman–Crippen MR) is 132 cm³/mol. The van der Waals surface area contributed by atoms with E-state index in [-0.39, 0.29) is 24.6 Å². The maximum absolute atomic E-state index is 13.4. The number of ether oxygens (including phenoxy) is 2. The van der Waals surface area contributed by atoms with Crippen molar-refractivity contribution in [2.24, 2.45) is 0 Å². The summed E-state index contributed by atoms with van der Waals surface area (Å²) in [5, 5.41) is 3.76. The van der Waals surface area contributed by atoms with Gasteiger partial charge in [0.05, 0.1) is 23.7 Å². The standard InChI is InChI=1S/C24H22Cl2N2O5S/c1-16-6-9-18(14-20(16)26)32-13-12-27-24(29)23-15-28(21-4-2-3-5-22(21)33-23)34(30,31)19-10-7-17(25)8-11-19/h2-11,14,23H,12-13,15H2,1H3,(H,27,29)/t23-/m1/s1. The van der Waals surface area contributed by atoms with E-state index in [0.717, 1.165) is 5.56 Å². The smallest absolute Gasteiger partial charge is 0.264 e. The van der Waals surface area contributed by atoms with Gasteiger partial charge >= 0.3 is 0 Å². The molecule has 0 aliphatic carbocycles. The van der Waals surface area contributed by atoms with E-state index in [1.165, 1.54) is 28.6 Å². The summed E-state index contributed by atoms with van der Waals surface area (Å²) < 4.78 is 39.4. The summed E-state index contributed by atoms with van der Waals surface area (Å²) in [6, 6.07) is 17.9. The summed E-state index contributed by atoms with van der Waals surface area (Å²) in [5.41, 5.74) is 1.30. The number of carbonyl (C=O) groups excluding carboxylic acids is 1. The van der Waals surface area contributed by atoms with Gasteiger partial charge in [-0.05, 0) is 61.0 Å². The quantitative estimate of drug-likeness (QED) is 0.465. The number of amides is 1. The Morgan fingerprint density at radius 2 is 1.85 bits per heavy atom. The van der Waals surface area contributed by atoms with Crippen molar-refractivity contribution >= 4 is 44.8 Å². The normalized spacial score (nSPS) is 15.3. The van der Waals surface area contributed by atoms with Crippen LogP contribution in [0.25, 0.3) is 0 Å². The fourth-order valence-electron chi connectivity index (χ4n) is 3.42. The fourth-order valence-corrected chi connectivity index (χ4v) is 5.19. The highest BCUT2D eigenvalue weighted by atomic mass is 35.5. The number of carbonyl (C=O) groups is 1. The molecule has 1 atom stereocenters.